The third-order valence-electron chi connectivity index (χ3n) is 2.79. The third kappa shape index (κ3) is 6.36. The van der Waals surface area contributed by atoms with Gasteiger partial charge in [-0.25, -0.2) is 0 Å². The van der Waals surface area contributed by atoms with Gasteiger partial charge in [-0.1, -0.05) is 30.3 Å². The van der Waals surface area contributed by atoms with Gasteiger partial charge in [0.15, 0.2) is 0 Å². The zero-order valence-corrected chi connectivity index (χ0v) is 12.8. The Labute approximate surface area is 121 Å². The number of nitrogens with zero attached hydrogens (tertiary/aromatic N) is 1. The molecule has 4 heteroatoms. The Morgan fingerprint density at radius 3 is 2.30 bits per heavy atom. The molecule has 1 N–H and O–H groups in total. The summed E-state index contributed by atoms with van der Waals surface area (Å²) in [7, 11) is 1.66. The van der Waals surface area contributed by atoms with Crippen LogP contribution in [0, 0.1) is 0 Å². The fourth-order valence-corrected chi connectivity index (χ4v) is 1.85. The highest BCUT2D eigenvalue weighted by Gasteiger charge is 2.17. The fourth-order valence-electron chi connectivity index (χ4n) is 1.85. The van der Waals surface area contributed by atoms with Crippen molar-refractivity contribution in [3.05, 3.63) is 35.9 Å². The van der Waals surface area contributed by atoms with Gasteiger partial charge in [0, 0.05) is 19.0 Å². The van der Waals surface area contributed by atoms with Crippen LogP contribution in [0.5, 0.6) is 0 Å². The number of aryl methyl sites for hydroxylation is 1. The zero-order valence-electron chi connectivity index (χ0n) is 12.8. The predicted octanol–water partition coefficient (Wildman–Crippen LogP) is 1.99. The van der Waals surface area contributed by atoms with Gasteiger partial charge in [-0.05, 0) is 32.8 Å². The third-order valence-corrected chi connectivity index (χ3v) is 2.79. The summed E-state index contributed by atoms with van der Waals surface area (Å²) in [5.74, 6) is -0.147. The van der Waals surface area contributed by atoms with Crippen molar-refractivity contribution in [3.63, 3.8) is 0 Å². The van der Waals surface area contributed by atoms with Gasteiger partial charge in [-0.3, -0.25) is 9.59 Å². The first-order valence-electron chi connectivity index (χ1n) is 6.87. The molecule has 1 aromatic carbocycles. The maximum absolute atomic E-state index is 12.0. The van der Waals surface area contributed by atoms with Crippen molar-refractivity contribution in [2.24, 2.45) is 0 Å². The summed E-state index contributed by atoms with van der Waals surface area (Å²) < 4.78 is 0. The SMILES string of the molecule is CN(CC(=O)NC(C)(C)C)C(=O)CCc1ccccc1. The molecule has 0 heterocycles. The van der Waals surface area contributed by atoms with Crippen LogP contribution in [0.4, 0.5) is 0 Å². The molecule has 4 nitrogen and oxygen atoms in total. The second-order valence-corrected chi connectivity index (χ2v) is 6.03. The smallest absolute Gasteiger partial charge is 0.240 e. The van der Waals surface area contributed by atoms with E-state index >= 15 is 0 Å². The van der Waals surface area contributed by atoms with Crippen molar-refractivity contribution in [2.75, 3.05) is 13.6 Å². The Balaban J connectivity index is 2.38. The summed E-state index contributed by atoms with van der Waals surface area (Å²) in [4.78, 5) is 25.2. The van der Waals surface area contributed by atoms with Crippen LogP contribution in [0.1, 0.15) is 32.8 Å². The van der Waals surface area contributed by atoms with Crippen LogP contribution in [0.15, 0.2) is 30.3 Å². The van der Waals surface area contributed by atoms with Crippen LogP contribution in [0.3, 0.4) is 0 Å². The van der Waals surface area contributed by atoms with Crippen molar-refractivity contribution >= 4 is 11.8 Å². The molecule has 0 aromatic heterocycles. The fraction of sp³-hybridized carbons (Fsp3) is 0.500. The Kier molecular flexibility index (Phi) is 5.74. The molecule has 0 bridgehead atoms. The molecular formula is C16H24N2O2. The monoisotopic (exact) mass is 276 g/mol. The van der Waals surface area contributed by atoms with E-state index in [0.29, 0.717) is 12.8 Å². The second-order valence-electron chi connectivity index (χ2n) is 6.03. The molecule has 0 unspecified atom stereocenters. The quantitative estimate of drug-likeness (QED) is 0.894. The zero-order chi connectivity index (χ0) is 15.2. The van der Waals surface area contributed by atoms with Crippen molar-refractivity contribution < 1.29 is 9.59 Å². The first kappa shape index (κ1) is 16.2. The molecule has 0 aliphatic heterocycles. The molecule has 0 saturated carbocycles. The Hall–Kier alpha value is -1.84. The topological polar surface area (TPSA) is 49.4 Å². The average molecular weight is 276 g/mol. The molecule has 0 atom stereocenters. The summed E-state index contributed by atoms with van der Waals surface area (Å²) in [6, 6.07) is 9.87. The lowest BCUT2D eigenvalue weighted by Crippen LogP contribution is -2.46. The number of hydrogen-bond acceptors (Lipinski definition) is 2. The van der Waals surface area contributed by atoms with E-state index in [9.17, 15) is 9.59 Å². The predicted molar refractivity (Wildman–Crippen MR) is 80.3 cm³/mol. The average Bonchev–Trinajstić information content (AvgIpc) is 2.34. The summed E-state index contributed by atoms with van der Waals surface area (Å²) in [6.45, 7) is 5.86. The van der Waals surface area contributed by atoms with E-state index in [1.54, 1.807) is 7.05 Å². The molecule has 1 aromatic rings. The van der Waals surface area contributed by atoms with Crippen molar-refractivity contribution in [1.82, 2.24) is 10.2 Å². The van der Waals surface area contributed by atoms with Crippen LogP contribution in [0.25, 0.3) is 0 Å². The molecule has 2 amide bonds. The number of nitrogens with one attached hydrogen (secondary N) is 1. The number of benzene rings is 1. The summed E-state index contributed by atoms with van der Waals surface area (Å²) in [5, 5.41) is 2.85. The first-order chi connectivity index (χ1) is 9.28. The van der Waals surface area contributed by atoms with Crippen LogP contribution < -0.4 is 5.32 Å². The largest absolute Gasteiger partial charge is 0.350 e. The van der Waals surface area contributed by atoms with Crippen LogP contribution in [-0.4, -0.2) is 35.8 Å². The van der Waals surface area contributed by atoms with E-state index in [4.69, 9.17) is 0 Å². The van der Waals surface area contributed by atoms with Crippen LogP contribution in [-0.2, 0) is 16.0 Å². The van der Waals surface area contributed by atoms with Gasteiger partial charge >= 0.3 is 0 Å². The van der Waals surface area contributed by atoms with Crippen molar-refractivity contribution in [1.29, 1.82) is 0 Å². The summed E-state index contributed by atoms with van der Waals surface area (Å²) in [6.07, 6.45) is 1.12. The summed E-state index contributed by atoms with van der Waals surface area (Å²) in [5.41, 5.74) is 0.860. The maximum atomic E-state index is 12.0. The van der Waals surface area contributed by atoms with Crippen LogP contribution in [0.2, 0.25) is 0 Å². The molecular weight excluding hydrogens is 252 g/mol. The second kappa shape index (κ2) is 7.08. The number of hydrogen-bond donors (Lipinski definition) is 1. The molecule has 1 rings (SSSR count). The molecule has 0 fully saturated rings. The Morgan fingerprint density at radius 2 is 1.75 bits per heavy atom. The lowest BCUT2D eigenvalue weighted by atomic mass is 10.1. The van der Waals surface area contributed by atoms with Gasteiger partial charge in [-0.2, -0.15) is 0 Å². The maximum Gasteiger partial charge on any atom is 0.240 e. The lowest BCUT2D eigenvalue weighted by Gasteiger charge is -2.23. The number of likely N-dealkylation sites (N-methyl/N-ethyl adjacent to an activating group) is 1. The van der Waals surface area contributed by atoms with E-state index in [1.165, 1.54) is 4.90 Å². The molecule has 0 aliphatic carbocycles. The van der Waals surface area contributed by atoms with E-state index in [0.717, 1.165) is 5.56 Å². The van der Waals surface area contributed by atoms with Gasteiger partial charge in [0.05, 0.1) is 6.54 Å². The highest BCUT2D eigenvalue weighted by Crippen LogP contribution is 2.04. The number of carbonyl (C=O) groups is 2. The molecule has 110 valence electrons. The molecule has 0 spiro atoms. The normalized spacial score (nSPS) is 11.0. The van der Waals surface area contributed by atoms with Gasteiger partial charge in [-0.15, -0.1) is 0 Å². The highest BCUT2D eigenvalue weighted by molar-refractivity contribution is 5.85. The van der Waals surface area contributed by atoms with Gasteiger partial charge in [0.1, 0.15) is 0 Å². The first-order valence-corrected chi connectivity index (χ1v) is 6.87. The van der Waals surface area contributed by atoms with Gasteiger partial charge in [0.25, 0.3) is 0 Å². The molecule has 0 radical (unpaired) electrons. The molecule has 20 heavy (non-hydrogen) atoms. The van der Waals surface area contributed by atoms with Crippen molar-refractivity contribution in [3.8, 4) is 0 Å². The number of amides is 2. The van der Waals surface area contributed by atoms with Crippen molar-refractivity contribution in [2.45, 2.75) is 39.2 Å². The molecule has 0 saturated heterocycles. The number of carbonyl (C=O) groups excluding carboxylic acids is 2. The minimum Gasteiger partial charge on any atom is -0.350 e. The van der Waals surface area contributed by atoms with E-state index < -0.39 is 0 Å². The number of rotatable bonds is 5. The Morgan fingerprint density at radius 1 is 1.15 bits per heavy atom. The van der Waals surface area contributed by atoms with Gasteiger partial charge in [0.2, 0.25) is 11.8 Å². The Bertz CT molecular complexity index is 449. The minimum absolute atomic E-state index is 0.0158. The minimum atomic E-state index is -0.273. The van der Waals surface area contributed by atoms with E-state index in [-0.39, 0.29) is 23.9 Å². The lowest BCUT2D eigenvalue weighted by molar-refractivity contribution is -0.135. The van der Waals surface area contributed by atoms with Gasteiger partial charge < -0.3 is 10.2 Å². The highest BCUT2D eigenvalue weighted by atomic mass is 16.2. The van der Waals surface area contributed by atoms with Crippen LogP contribution >= 0.6 is 0 Å². The molecule has 0 aliphatic rings. The van der Waals surface area contributed by atoms with E-state index in [1.807, 2.05) is 51.1 Å². The standard InChI is InChI=1S/C16H24N2O2/c1-16(2,3)17-14(19)12-18(4)15(20)11-10-13-8-6-5-7-9-13/h5-9H,10-12H2,1-4H3,(H,17,19). The van der Waals surface area contributed by atoms with E-state index in [2.05, 4.69) is 5.32 Å². The summed E-state index contributed by atoms with van der Waals surface area (Å²) >= 11 is 0.